The van der Waals surface area contributed by atoms with Crippen LogP contribution in [0.2, 0.25) is 0 Å². The minimum atomic E-state index is 0.0101. The number of hydrogen-bond acceptors (Lipinski definition) is 4. The van der Waals surface area contributed by atoms with Crippen molar-refractivity contribution in [1.82, 2.24) is 15.1 Å². The lowest BCUT2D eigenvalue weighted by atomic mass is 9.93. The molecule has 130 valence electrons. The summed E-state index contributed by atoms with van der Waals surface area (Å²) in [6, 6.07) is 0.351. The first-order chi connectivity index (χ1) is 11.1. The summed E-state index contributed by atoms with van der Waals surface area (Å²) < 4.78 is 0. The molecule has 1 N–H and O–H groups in total. The Bertz CT molecular complexity index is 440. The van der Waals surface area contributed by atoms with Crippen LogP contribution in [-0.4, -0.2) is 71.8 Å². The van der Waals surface area contributed by atoms with E-state index in [1.54, 1.807) is 11.9 Å². The number of amides is 3. The zero-order valence-electron chi connectivity index (χ0n) is 13.9. The summed E-state index contributed by atoms with van der Waals surface area (Å²) in [6.45, 7) is 1.96. The average Bonchev–Trinajstić information content (AvgIpc) is 2.49. The van der Waals surface area contributed by atoms with Crippen molar-refractivity contribution in [2.24, 2.45) is 0 Å². The summed E-state index contributed by atoms with van der Waals surface area (Å²) in [5.41, 5.74) is 0. The van der Waals surface area contributed by atoms with Crippen LogP contribution in [0.5, 0.6) is 0 Å². The third-order valence-electron chi connectivity index (χ3n) is 4.48. The van der Waals surface area contributed by atoms with Crippen LogP contribution in [0.1, 0.15) is 38.5 Å². The second-order valence-corrected chi connectivity index (χ2v) is 7.33. The number of piperidine rings is 1. The van der Waals surface area contributed by atoms with Crippen LogP contribution < -0.4 is 5.32 Å². The summed E-state index contributed by atoms with van der Waals surface area (Å²) in [5, 5.41) is 2.96. The third kappa shape index (κ3) is 6.05. The number of rotatable bonds is 8. The van der Waals surface area contributed by atoms with Crippen LogP contribution in [0, 0.1) is 0 Å². The molecule has 23 heavy (non-hydrogen) atoms. The van der Waals surface area contributed by atoms with E-state index in [1.807, 2.05) is 4.90 Å². The van der Waals surface area contributed by atoms with Crippen LogP contribution in [-0.2, 0) is 14.4 Å². The van der Waals surface area contributed by atoms with E-state index >= 15 is 0 Å². The molecule has 2 rings (SSSR count). The van der Waals surface area contributed by atoms with Gasteiger partial charge >= 0.3 is 0 Å². The summed E-state index contributed by atoms with van der Waals surface area (Å²) in [5.74, 6) is 0.868. The van der Waals surface area contributed by atoms with Gasteiger partial charge in [0.25, 0.3) is 0 Å². The number of likely N-dealkylation sites (N-methyl/N-ethyl adjacent to an activating group) is 1. The molecule has 2 fully saturated rings. The lowest BCUT2D eigenvalue weighted by Crippen LogP contribution is -2.42. The molecule has 3 amide bonds. The number of carbonyl (C=O) groups is 3. The molecular formula is C16H27N3O3S. The summed E-state index contributed by atoms with van der Waals surface area (Å²) in [7, 11) is 1.76. The normalized spacial score (nSPS) is 18.5. The first kappa shape index (κ1) is 18.1. The smallest absolute Gasteiger partial charge is 0.232 e. The Morgan fingerprint density at radius 3 is 2.70 bits per heavy atom. The van der Waals surface area contributed by atoms with Crippen molar-refractivity contribution in [2.45, 2.75) is 44.6 Å². The molecule has 0 aromatic heterocycles. The fourth-order valence-corrected chi connectivity index (χ4v) is 3.42. The highest BCUT2D eigenvalue weighted by atomic mass is 32.2. The molecule has 0 radical (unpaired) electrons. The Balaban J connectivity index is 1.56. The fraction of sp³-hybridized carbons (Fsp3) is 0.812. The molecule has 7 heteroatoms. The van der Waals surface area contributed by atoms with Gasteiger partial charge in [-0.1, -0.05) is 0 Å². The zero-order valence-corrected chi connectivity index (χ0v) is 14.7. The van der Waals surface area contributed by atoms with E-state index in [-0.39, 0.29) is 17.7 Å². The van der Waals surface area contributed by atoms with Gasteiger partial charge in [-0.25, -0.2) is 0 Å². The van der Waals surface area contributed by atoms with E-state index < -0.39 is 0 Å². The summed E-state index contributed by atoms with van der Waals surface area (Å²) in [4.78, 5) is 38.9. The molecule has 0 atom stereocenters. The largest absolute Gasteiger partial charge is 0.353 e. The van der Waals surface area contributed by atoms with Gasteiger partial charge in [0.2, 0.25) is 17.7 Å². The molecular weight excluding hydrogens is 314 g/mol. The van der Waals surface area contributed by atoms with E-state index in [0.29, 0.717) is 37.1 Å². The monoisotopic (exact) mass is 341 g/mol. The molecule has 0 spiro atoms. The highest BCUT2D eigenvalue weighted by Crippen LogP contribution is 2.18. The van der Waals surface area contributed by atoms with Crippen molar-refractivity contribution in [2.75, 3.05) is 38.2 Å². The van der Waals surface area contributed by atoms with Gasteiger partial charge in [0.1, 0.15) is 0 Å². The van der Waals surface area contributed by atoms with Crippen molar-refractivity contribution >= 4 is 29.5 Å². The molecule has 0 bridgehead atoms. The molecule has 0 aromatic rings. The maximum atomic E-state index is 12.0. The van der Waals surface area contributed by atoms with Crippen LogP contribution in [0.4, 0.5) is 0 Å². The lowest BCUT2D eigenvalue weighted by molar-refractivity contribution is -0.135. The van der Waals surface area contributed by atoms with Crippen molar-refractivity contribution < 1.29 is 14.4 Å². The highest BCUT2D eigenvalue weighted by Gasteiger charge is 2.20. The Labute approximate surface area is 142 Å². The second kappa shape index (κ2) is 9.15. The molecule has 6 nitrogen and oxygen atoms in total. The van der Waals surface area contributed by atoms with E-state index in [9.17, 15) is 14.4 Å². The highest BCUT2D eigenvalue weighted by molar-refractivity contribution is 8.00. The number of carbonyl (C=O) groups excluding carboxylic acids is 3. The van der Waals surface area contributed by atoms with Crippen molar-refractivity contribution in [3.8, 4) is 0 Å². The van der Waals surface area contributed by atoms with Crippen LogP contribution in [0.25, 0.3) is 0 Å². The standard InChI is InChI=1S/C16H27N3O3S/c1-18(9-10-19-8-3-2-7-15(19)21)16(22)12-23-11-14(20)17-13-5-4-6-13/h13H,2-12H2,1H3,(H,17,20). The Morgan fingerprint density at radius 1 is 1.26 bits per heavy atom. The molecule has 1 heterocycles. The predicted octanol–water partition coefficient (Wildman–Crippen LogP) is 0.859. The van der Waals surface area contributed by atoms with Crippen LogP contribution in [0.3, 0.4) is 0 Å². The van der Waals surface area contributed by atoms with Gasteiger partial charge in [0, 0.05) is 39.1 Å². The van der Waals surface area contributed by atoms with Gasteiger partial charge in [-0.15, -0.1) is 11.8 Å². The van der Waals surface area contributed by atoms with Crippen molar-refractivity contribution in [1.29, 1.82) is 0 Å². The first-order valence-corrected chi connectivity index (χ1v) is 9.60. The fourth-order valence-electron chi connectivity index (χ4n) is 2.66. The van der Waals surface area contributed by atoms with Gasteiger partial charge < -0.3 is 15.1 Å². The molecule has 1 aliphatic heterocycles. The maximum absolute atomic E-state index is 12.0. The van der Waals surface area contributed by atoms with Crippen LogP contribution in [0.15, 0.2) is 0 Å². The van der Waals surface area contributed by atoms with Crippen molar-refractivity contribution in [3.05, 3.63) is 0 Å². The molecule has 0 aromatic carbocycles. The summed E-state index contributed by atoms with van der Waals surface area (Å²) in [6.07, 6.45) is 6.00. The average molecular weight is 341 g/mol. The SMILES string of the molecule is CN(CCN1CCCCC1=O)C(=O)CSCC(=O)NC1CCC1. The van der Waals surface area contributed by atoms with E-state index in [4.69, 9.17) is 0 Å². The van der Waals surface area contributed by atoms with E-state index in [0.717, 1.165) is 32.2 Å². The Morgan fingerprint density at radius 2 is 2.04 bits per heavy atom. The second-order valence-electron chi connectivity index (χ2n) is 6.34. The van der Waals surface area contributed by atoms with E-state index in [2.05, 4.69) is 5.32 Å². The number of likely N-dealkylation sites (tertiary alicyclic amines) is 1. The molecule has 0 unspecified atom stereocenters. The Hall–Kier alpha value is -1.24. The molecule has 1 saturated heterocycles. The van der Waals surface area contributed by atoms with Gasteiger partial charge in [-0.05, 0) is 32.1 Å². The van der Waals surface area contributed by atoms with Gasteiger partial charge in [-0.3, -0.25) is 14.4 Å². The minimum Gasteiger partial charge on any atom is -0.353 e. The number of nitrogens with one attached hydrogen (secondary N) is 1. The lowest BCUT2D eigenvalue weighted by Gasteiger charge is -2.28. The predicted molar refractivity (Wildman–Crippen MR) is 91.2 cm³/mol. The quantitative estimate of drug-likeness (QED) is 0.711. The molecule has 1 aliphatic carbocycles. The number of thioether (sulfide) groups is 1. The topological polar surface area (TPSA) is 69.7 Å². The molecule has 2 aliphatic rings. The number of nitrogens with zero attached hydrogens (tertiary/aromatic N) is 2. The van der Waals surface area contributed by atoms with Gasteiger partial charge in [0.05, 0.1) is 11.5 Å². The zero-order chi connectivity index (χ0) is 16.7. The third-order valence-corrected chi connectivity index (χ3v) is 5.40. The Kier molecular flexibility index (Phi) is 7.20. The van der Waals surface area contributed by atoms with Gasteiger partial charge in [0.15, 0.2) is 0 Å². The minimum absolute atomic E-state index is 0.0101. The first-order valence-electron chi connectivity index (χ1n) is 8.45. The number of hydrogen-bond donors (Lipinski definition) is 1. The molecule has 1 saturated carbocycles. The van der Waals surface area contributed by atoms with E-state index in [1.165, 1.54) is 18.2 Å². The summed E-state index contributed by atoms with van der Waals surface area (Å²) >= 11 is 1.35. The van der Waals surface area contributed by atoms with Crippen molar-refractivity contribution in [3.63, 3.8) is 0 Å². The maximum Gasteiger partial charge on any atom is 0.232 e. The van der Waals surface area contributed by atoms with Crippen LogP contribution >= 0.6 is 11.8 Å². The van der Waals surface area contributed by atoms with Gasteiger partial charge in [-0.2, -0.15) is 0 Å².